The quantitative estimate of drug-likeness (QED) is 0.268. The largest absolute Gasteiger partial charge is 0.497 e. The molecule has 0 aliphatic rings. The van der Waals surface area contributed by atoms with Crippen molar-refractivity contribution in [2.75, 3.05) is 26.1 Å². The van der Waals surface area contributed by atoms with Crippen LogP contribution in [0.4, 0.5) is 5.69 Å². The number of rotatable bonds is 8. The van der Waals surface area contributed by atoms with Gasteiger partial charge in [0.25, 0.3) is 0 Å². The van der Waals surface area contributed by atoms with Gasteiger partial charge in [-0.3, -0.25) is 4.79 Å². The van der Waals surface area contributed by atoms with Crippen LogP contribution >= 0.6 is 0 Å². The molecule has 0 aliphatic carbocycles. The Morgan fingerprint density at radius 1 is 1.03 bits per heavy atom. The molecule has 1 heterocycles. The topological polar surface area (TPSA) is 69.9 Å². The van der Waals surface area contributed by atoms with E-state index in [1.807, 2.05) is 26.8 Å². The first kappa shape index (κ1) is 24.9. The lowest BCUT2D eigenvalue weighted by Gasteiger charge is -2.15. The molecule has 0 saturated heterocycles. The molecule has 0 radical (unpaired) electrons. The predicted octanol–water partition coefficient (Wildman–Crippen LogP) is 7.17. The van der Waals surface area contributed by atoms with E-state index < -0.39 is 0 Å². The molecule has 0 spiro atoms. The van der Waals surface area contributed by atoms with E-state index in [1.165, 1.54) is 5.56 Å². The highest BCUT2D eigenvalue weighted by Gasteiger charge is 2.19. The Labute approximate surface area is 211 Å². The van der Waals surface area contributed by atoms with E-state index in [4.69, 9.17) is 18.6 Å². The number of allylic oxidation sites excluding steroid dienone is 1. The summed E-state index contributed by atoms with van der Waals surface area (Å²) in [6, 6.07) is 15.6. The second-order valence-corrected chi connectivity index (χ2v) is 8.59. The van der Waals surface area contributed by atoms with Crippen LogP contribution in [0, 0.1) is 13.8 Å². The fourth-order valence-electron chi connectivity index (χ4n) is 4.25. The second-order valence-electron chi connectivity index (χ2n) is 8.59. The molecule has 0 fully saturated rings. The van der Waals surface area contributed by atoms with Crippen LogP contribution in [-0.2, 0) is 4.79 Å². The van der Waals surface area contributed by atoms with E-state index in [1.54, 1.807) is 44.8 Å². The molecule has 1 N–H and O–H groups in total. The molecular formula is C30H31NO5. The van der Waals surface area contributed by atoms with Gasteiger partial charge < -0.3 is 23.9 Å². The molecule has 0 atom stereocenters. The number of aryl methyl sites for hydroxylation is 2. The molecule has 0 bridgehead atoms. The van der Waals surface area contributed by atoms with Crippen molar-refractivity contribution in [3.05, 3.63) is 77.6 Å². The van der Waals surface area contributed by atoms with Gasteiger partial charge in [-0.1, -0.05) is 29.8 Å². The summed E-state index contributed by atoms with van der Waals surface area (Å²) >= 11 is 0. The number of hydrogen-bond donors (Lipinski definition) is 1. The minimum absolute atomic E-state index is 0.287. The monoisotopic (exact) mass is 485 g/mol. The van der Waals surface area contributed by atoms with Crippen molar-refractivity contribution in [1.82, 2.24) is 0 Å². The van der Waals surface area contributed by atoms with Crippen LogP contribution in [0.15, 0.2) is 65.3 Å². The van der Waals surface area contributed by atoms with Gasteiger partial charge >= 0.3 is 0 Å². The first-order valence-electron chi connectivity index (χ1n) is 11.8. The highest BCUT2D eigenvalue weighted by molar-refractivity contribution is 6.06. The second kappa shape index (κ2) is 10.6. The van der Waals surface area contributed by atoms with Crippen LogP contribution in [-0.4, -0.2) is 26.7 Å². The van der Waals surface area contributed by atoms with Crippen LogP contribution < -0.4 is 19.5 Å². The maximum atomic E-state index is 13.0. The van der Waals surface area contributed by atoms with E-state index in [0.29, 0.717) is 29.5 Å². The zero-order valence-corrected chi connectivity index (χ0v) is 21.5. The number of hydrogen-bond acceptors (Lipinski definition) is 5. The Hall–Kier alpha value is -4.19. The van der Waals surface area contributed by atoms with Gasteiger partial charge in [0, 0.05) is 34.2 Å². The van der Waals surface area contributed by atoms with E-state index in [-0.39, 0.29) is 5.91 Å². The van der Waals surface area contributed by atoms with E-state index in [9.17, 15) is 4.79 Å². The first-order chi connectivity index (χ1) is 17.4. The van der Waals surface area contributed by atoms with Crippen molar-refractivity contribution >= 4 is 28.1 Å². The van der Waals surface area contributed by atoms with Crippen molar-refractivity contribution < 1.29 is 23.4 Å². The van der Waals surface area contributed by atoms with E-state index >= 15 is 0 Å². The zero-order valence-electron chi connectivity index (χ0n) is 21.5. The SMILES string of the molecule is CCOc1c(/C(C)=C/C(=O)Nc2cc(OC)ccc2OC)cc2c(-c3ccc(C)cc3)coc2c1C. The molecule has 4 aromatic rings. The molecule has 186 valence electrons. The summed E-state index contributed by atoms with van der Waals surface area (Å²) in [5.41, 5.74) is 7.05. The molecule has 4 rings (SSSR count). The average molecular weight is 486 g/mol. The molecule has 1 amide bonds. The Kier molecular flexibility index (Phi) is 7.34. The van der Waals surface area contributed by atoms with Crippen molar-refractivity contribution in [1.29, 1.82) is 0 Å². The van der Waals surface area contributed by atoms with Crippen LogP contribution in [0.5, 0.6) is 17.2 Å². The third-order valence-corrected chi connectivity index (χ3v) is 6.13. The van der Waals surface area contributed by atoms with Crippen LogP contribution in [0.25, 0.3) is 27.7 Å². The molecule has 1 aromatic heterocycles. The number of anilines is 1. The minimum atomic E-state index is -0.287. The van der Waals surface area contributed by atoms with Crippen molar-refractivity contribution in [2.45, 2.75) is 27.7 Å². The Balaban J connectivity index is 1.76. The Morgan fingerprint density at radius 3 is 2.44 bits per heavy atom. The summed E-state index contributed by atoms with van der Waals surface area (Å²) in [5.74, 6) is 1.58. The summed E-state index contributed by atoms with van der Waals surface area (Å²) in [7, 11) is 3.13. The first-order valence-corrected chi connectivity index (χ1v) is 11.8. The van der Waals surface area contributed by atoms with Gasteiger partial charge in [-0.05, 0) is 57.0 Å². The number of amides is 1. The van der Waals surface area contributed by atoms with Gasteiger partial charge in [-0.25, -0.2) is 0 Å². The van der Waals surface area contributed by atoms with Crippen LogP contribution in [0.2, 0.25) is 0 Å². The van der Waals surface area contributed by atoms with Gasteiger partial charge in [0.05, 0.1) is 32.8 Å². The summed E-state index contributed by atoms with van der Waals surface area (Å²) in [6.45, 7) is 8.37. The summed E-state index contributed by atoms with van der Waals surface area (Å²) in [6.07, 6.45) is 3.34. The molecule has 3 aromatic carbocycles. The standard InChI is InChI=1S/C30H31NO5/c1-7-35-29-20(4)30-24(25(17-36-30)21-10-8-18(2)9-11-21)16-23(29)19(3)14-28(32)31-26-15-22(33-5)12-13-27(26)34-6/h8-17H,7H2,1-6H3,(H,31,32)/b19-14+. The molecule has 36 heavy (non-hydrogen) atoms. The molecule has 0 unspecified atom stereocenters. The maximum absolute atomic E-state index is 13.0. The van der Waals surface area contributed by atoms with Gasteiger partial charge in [0.15, 0.2) is 0 Å². The fraction of sp³-hybridized carbons (Fsp3) is 0.233. The predicted molar refractivity (Wildman–Crippen MR) is 144 cm³/mol. The third-order valence-electron chi connectivity index (χ3n) is 6.13. The average Bonchev–Trinajstić information content (AvgIpc) is 3.30. The van der Waals surface area contributed by atoms with E-state index in [2.05, 4.69) is 36.5 Å². The van der Waals surface area contributed by atoms with Gasteiger partial charge in [-0.15, -0.1) is 0 Å². The van der Waals surface area contributed by atoms with Crippen molar-refractivity contribution in [2.24, 2.45) is 0 Å². The fourth-order valence-corrected chi connectivity index (χ4v) is 4.25. The Morgan fingerprint density at radius 2 is 1.78 bits per heavy atom. The summed E-state index contributed by atoms with van der Waals surface area (Å²) in [4.78, 5) is 13.0. The normalized spacial score (nSPS) is 11.4. The number of fused-ring (bicyclic) bond motifs is 1. The molecule has 0 aliphatic heterocycles. The smallest absolute Gasteiger partial charge is 0.248 e. The summed E-state index contributed by atoms with van der Waals surface area (Å²) in [5, 5.41) is 3.87. The van der Waals surface area contributed by atoms with E-state index in [0.717, 1.165) is 38.8 Å². The number of ether oxygens (including phenoxy) is 3. The molecular weight excluding hydrogens is 454 g/mol. The van der Waals surface area contributed by atoms with Gasteiger partial charge in [0.2, 0.25) is 5.91 Å². The van der Waals surface area contributed by atoms with Crippen LogP contribution in [0.1, 0.15) is 30.5 Å². The van der Waals surface area contributed by atoms with Gasteiger partial charge in [0.1, 0.15) is 22.8 Å². The maximum Gasteiger partial charge on any atom is 0.248 e. The number of carbonyl (C=O) groups excluding carboxylic acids is 1. The van der Waals surface area contributed by atoms with Gasteiger partial charge in [-0.2, -0.15) is 0 Å². The highest BCUT2D eigenvalue weighted by atomic mass is 16.5. The Bertz CT molecular complexity index is 1430. The lowest BCUT2D eigenvalue weighted by atomic mass is 9.96. The van der Waals surface area contributed by atoms with Crippen molar-refractivity contribution in [3.63, 3.8) is 0 Å². The number of furan rings is 1. The lowest BCUT2D eigenvalue weighted by molar-refractivity contribution is -0.111. The molecule has 6 nitrogen and oxygen atoms in total. The zero-order chi connectivity index (χ0) is 25.8. The minimum Gasteiger partial charge on any atom is -0.497 e. The van der Waals surface area contributed by atoms with Crippen molar-refractivity contribution in [3.8, 4) is 28.4 Å². The number of benzene rings is 3. The highest BCUT2D eigenvalue weighted by Crippen LogP contribution is 2.41. The van der Waals surface area contributed by atoms with Crippen LogP contribution in [0.3, 0.4) is 0 Å². The number of nitrogens with one attached hydrogen (secondary N) is 1. The number of carbonyl (C=O) groups is 1. The lowest BCUT2D eigenvalue weighted by Crippen LogP contribution is -2.10. The summed E-state index contributed by atoms with van der Waals surface area (Å²) < 4.78 is 22.7. The molecule has 6 heteroatoms. The third kappa shape index (κ3) is 4.93. The number of methoxy groups -OCH3 is 2. The molecule has 0 saturated carbocycles.